The van der Waals surface area contributed by atoms with Crippen LogP contribution >= 0.6 is 8.58 Å². The van der Waals surface area contributed by atoms with Gasteiger partial charge in [0.1, 0.15) is 11.6 Å². The summed E-state index contributed by atoms with van der Waals surface area (Å²) in [5.74, 6) is 0.716. The summed E-state index contributed by atoms with van der Waals surface area (Å²) in [6.07, 6.45) is 2.95. The molecule has 0 aliphatic carbocycles. The number of aryl methyl sites for hydroxylation is 1. The Kier molecular flexibility index (Phi) is 7.40. The van der Waals surface area contributed by atoms with Gasteiger partial charge in [0, 0.05) is 23.1 Å². The quantitative estimate of drug-likeness (QED) is 0.432. The average molecular weight is 362 g/mol. The first-order valence-corrected chi connectivity index (χ1v) is 9.82. The van der Waals surface area contributed by atoms with Crippen LogP contribution in [0.2, 0.25) is 0 Å². The summed E-state index contributed by atoms with van der Waals surface area (Å²) in [6, 6.07) is 13.4. The Balaban J connectivity index is 2.52. The fourth-order valence-electron chi connectivity index (χ4n) is 3.23. The fourth-order valence-corrected chi connectivity index (χ4v) is 5.01. The zero-order chi connectivity index (χ0) is 18.3. The molecule has 0 saturated carbocycles. The molecular formula is C21H28FO2P. The summed E-state index contributed by atoms with van der Waals surface area (Å²) in [5.41, 5.74) is 2.35. The first-order chi connectivity index (χ1) is 12.1. The lowest BCUT2D eigenvalue weighted by Gasteiger charge is -2.35. The molecule has 136 valence electrons. The number of rotatable bonds is 9. The van der Waals surface area contributed by atoms with Crippen molar-refractivity contribution < 1.29 is 13.9 Å². The molecule has 4 heteroatoms. The Labute approximate surface area is 152 Å². The summed E-state index contributed by atoms with van der Waals surface area (Å²) in [7, 11) is 1.97. The Morgan fingerprint density at radius 1 is 1.12 bits per heavy atom. The molecule has 2 unspecified atom stereocenters. The second-order valence-corrected chi connectivity index (χ2v) is 8.09. The predicted molar refractivity (Wildman–Crippen MR) is 105 cm³/mol. The highest BCUT2D eigenvalue weighted by molar-refractivity contribution is 7.48. The van der Waals surface area contributed by atoms with Crippen molar-refractivity contribution in [3.05, 3.63) is 59.4 Å². The summed E-state index contributed by atoms with van der Waals surface area (Å²) in [6.45, 7) is 6.67. The summed E-state index contributed by atoms with van der Waals surface area (Å²) < 4.78 is 25.3. The molecule has 0 aliphatic rings. The van der Waals surface area contributed by atoms with Gasteiger partial charge < -0.3 is 9.47 Å². The highest BCUT2D eigenvalue weighted by atomic mass is 31.1. The lowest BCUT2D eigenvalue weighted by atomic mass is 9.89. The Morgan fingerprint density at radius 2 is 1.88 bits per heavy atom. The highest BCUT2D eigenvalue weighted by Gasteiger charge is 2.33. The van der Waals surface area contributed by atoms with E-state index in [9.17, 15) is 4.39 Å². The molecule has 0 spiro atoms. The molecule has 2 aromatic carbocycles. The van der Waals surface area contributed by atoms with Crippen LogP contribution in [0.4, 0.5) is 4.39 Å². The Hall–Kier alpha value is -1.44. The molecule has 0 radical (unpaired) electrons. The molecule has 0 fully saturated rings. The fraction of sp³-hybridized carbons (Fsp3) is 0.429. The molecule has 2 atom stereocenters. The van der Waals surface area contributed by atoms with E-state index in [1.54, 1.807) is 19.2 Å². The van der Waals surface area contributed by atoms with Crippen LogP contribution in [-0.4, -0.2) is 13.9 Å². The van der Waals surface area contributed by atoms with Crippen molar-refractivity contribution in [2.24, 2.45) is 0 Å². The Bertz CT molecular complexity index is 689. The third kappa shape index (κ3) is 4.80. The van der Waals surface area contributed by atoms with E-state index in [1.165, 1.54) is 5.56 Å². The van der Waals surface area contributed by atoms with E-state index in [-0.39, 0.29) is 17.8 Å². The first kappa shape index (κ1) is 19.9. The van der Waals surface area contributed by atoms with E-state index in [1.807, 2.05) is 24.3 Å². The minimum atomic E-state index is -0.133. The van der Waals surface area contributed by atoms with Gasteiger partial charge in [-0.05, 0) is 31.9 Å². The summed E-state index contributed by atoms with van der Waals surface area (Å²) >= 11 is 0. The lowest BCUT2D eigenvalue weighted by molar-refractivity contribution is 0.0499. The maximum atomic E-state index is 14.4. The van der Waals surface area contributed by atoms with Crippen LogP contribution < -0.4 is 10.0 Å². The van der Waals surface area contributed by atoms with Crippen LogP contribution in [0.1, 0.15) is 44.2 Å². The van der Waals surface area contributed by atoms with Crippen LogP contribution in [0.5, 0.6) is 5.75 Å². The molecule has 0 aromatic heterocycles. The maximum Gasteiger partial charge on any atom is 0.188 e. The molecule has 0 amide bonds. The molecular weight excluding hydrogens is 334 g/mol. The second kappa shape index (κ2) is 9.31. The summed E-state index contributed by atoms with van der Waals surface area (Å²) in [4.78, 5) is 0. The van der Waals surface area contributed by atoms with E-state index >= 15 is 0 Å². The van der Waals surface area contributed by atoms with Gasteiger partial charge in [-0.25, -0.2) is 4.39 Å². The molecule has 0 saturated heterocycles. The van der Waals surface area contributed by atoms with Gasteiger partial charge in [-0.1, -0.05) is 64.7 Å². The van der Waals surface area contributed by atoms with Crippen LogP contribution in [0.25, 0.3) is 0 Å². The minimum Gasteiger partial charge on any atom is -0.467 e. The third-order valence-electron chi connectivity index (χ3n) is 4.51. The third-order valence-corrected chi connectivity index (χ3v) is 6.54. The molecule has 2 nitrogen and oxygen atoms in total. The number of benzene rings is 2. The van der Waals surface area contributed by atoms with Gasteiger partial charge in [0.15, 0.2) is 6.79 Å². The van der Waals surface area contributed by atoms with Crippen LogP contribution in [0, 0.1) is 12.7 Å². The minimum absolute atomic E-state index is 0.123. The van der Waals surface area contributed by atoms with Gasteiger partial charge in [0.05, 0.1) is 0 Å². The number of ether oxygens (including phenoxy) is 2. The van der Waals surface area contributed by atoms with Crippen molar-refractivity contribution in [2.75, 3.05) is 13.9 Å². The van der Waals surface area contributed by atoms with Crippen molar-refractivity contribution in [3.63, 3.8) is 0 Å². The lowest BCUT2D eigenvalue weighted by Crippen LogP contribution is -2.25. The van der Waals surface area contributed by atoms with Crippen LogP contribution in [0.15, 0.2) is 42.5 Å². The molecule has 2 rings (SSSR count). The van der Waals surface area contributed by atoms with Crippen molar-refractivity contribution in [2.45, 2.75) is 45.2 Å². The van der Waals surface area contributed by atoms with Gasteiger partial charge in [-0.2, -0.15) is 0 Å². The highest BCUT2D eigenvalue weighted by Crippen LogP contribution is 2.51. The van der Waals surface area contributed by atoms with Crippen molar-refractivity contribution >= 4 is 13.9 Å². The number of halogens is 1. The summed E-state index contributed by atoms with van der Waals surface area (Å²) in [5, 5.41) is 0.656. The SMILES string of the molecule is CCCC(CC)(Pc1ccccc1F)c1cc(C)ccc1OCOC. The predicted octanol–water partition coefficient (Wildman–Crippen LogP) is 5.53. The number of methoxy groups -OCH3 is 1. The molecule has 0 heterocycles. The average Bonchev–Trinajstić information content (AvgIpc) is 2.62. The second-order valence-electron chi connectivity index (χ2n) is 6.34. The van der Waals surface area contributed by atoms with Crippen LogP contribution in [0.3, 0.4) is 0 Å². The first-order valence-electron chi connectivity index (χ1n) is 8.82. The number of hydrogen-bond donors (Lipinski definition) is 0. The zero-order valence-corrected chi connectivity index (χ0v) is 16.6. The molecule has 0 aliphatic heterocycles. The normalized spacial score (nSPS) is 14.0. The largest absolute Gasteiger partial charge is 0.467 e. The van der Waals surface area contributed by atoms with E-state index in [0.717, 1.165) is 35.9 Å². The molecule has 2 aromatic rings. The van der Waals surface area contributed by atoms with Gasteiger partial charge in [0.2, 0.25) is 0 Å². The zero-order valence-electron chi connectivity index (χ0n) is 15.6. The topological polar surface area (TPSA) is 18.5 Å². The van der Waals surface area contributed by atoms with E-state index < -0.39 is 0 Å². The van der Waals surface area contributed by atoms with Gasteiger partial charge in [-0.15, -0.1) is 0 Å². The van der Waals surface area contributed by atoms with Crippen molar-refractivity contribution in [1.29, 1.82) is 0 Å². The van der Waals surface area contributed by atoms with E-state index in [4.69, 9.17) is 9.47 Å². The van der Waals surface area contributed by atoms with Crippen molar-refractivity contribution in [1.82, 2.24) is 0 Å². The monoisotopic (exact) mass is 362 g/mol. The molecule has 25 heavy (non-hydrogen) atoms. The van der Waals surface area contributed by atoms with Crippen molar-refractivity contribution in [3.8, 4) is 5.75 Å². The van der Waals surface area contributed by atoms with Gasteiger partial charge >= 0.3 is 0 Å². The maximum absolute atomic E-state index is 14.4. The number of hydrogen-bond acceptors (Lipinski definition) is 2. The molecule has 0 N–H and O–H groups in total. The standard InChI is InChI=1S/C21H28FO2P/c1-5-13-21(6-2,25-20-10-8-7-9-18(20)22)17-14-16(3)11-12-19(17)24-15-23-4/h7-12,14,25H,5-6,13,15H2,1-4H3. The van der Waals surface area contributed by atoms with E-state index in [0.29, 0.717) is 8.58 Å². The van der Waals surface area contributed by atoms with Crippen LogP contribution in [-0.2, 0) is 9.89 Å². The molecule has 0 bridgehead atoms. The Morgan fingerprint density at radius 3 is 2.52 bits per heavy atom. The smallest absolute Gasteiger partial charge is 0.188 e. The van der Waals surface area contributed by atoms with Gasteiger partial charge in [-0.3, -0.25) is 0 Å². The van der Waals surface area contributed by atoms with Gasteiger partial charge in [0.25, 0.3) is 0 Å². The van der Waals surface area contributed by atoms with E-state index in [2.05, 4.69) is 26.8 Å².